The van der Waals surface area contributed by atoms with Gasteiger partial charge >= 0.3 is 6.18 Å². The van der Waals surface area contributed by atoms with Gasteiger partial charge in [0.05, 0.1) is 35.9 Å². The highest BCUT2D eigenvalue weighted by Crippen LogP contribution is 2.46. The molecule has 1 saturated carbocycles. The number of nitrogens with zero attached hydrogens (tertiary/aromatic N) is 7. The number of benzene rings is 1. The molecular weight excluding hydrogens is 509 g/mol. The second kappa shape index (κ2) is 9.37. The van der Waals surface area contributed by atoms with Gasteiger partial charge in [0.2, 0.25) is 5.88 Å². The zero-order chi connectivity index (χ0) is 27.3. The number of imidazole rings is 1. The highest BCUT2D eigenvalue weighted by molar-refractivity contribution is 5.93. The minimum absolute atomic E-state index is 0.346. The van der Waals surface area contributed by atoms with E-state index >= 15 is 0 Å². The first-order chi connectivity index (χ1) is 18.7. The van der Waals surface area contributed by atoms with E-state index in [0.29, 0.717) is 41.2 Å². The maximum Gasteiger partial charge on any atom is 0.435 e. The highest BCUT2D eigenvalue weighted by Gasteiger charge is 2.35. The first-order valence-electron chi connectivity index (χ1n) is 12.4. The third-order valence-corrected chi connectivity index (χ3v) is 6.78. The van der Waals surface area contributed by atoms with Crippen LogP contribution in [0.1, 0.15) is 41.4 Å². The second-order valence-electron chi connectivity index (χ2n) is 9.60. The van der Waals surface area contributed by atoms with Crippen LogP contribution in [0.2, 0.25) is 0 Å². The molecule has 6 rings (SSSR count). The molecule has 1 aromatic carbocycles. The summed E-state index contributed by atoms with van der Waals surface area (Å²) in [5.74, 6) is 1.44. The Labute approximate surface area is 221 Å². The van der Waals surface area contributed by atoms with Crippen molar-refractivity contribution in [2.45, 2.75) is 38.4 Å². The lowest BCUT2D eigenvalue weighted by Gasteiger charge is -2.14. The molecule has 200 valence electrons. The van der Waals surface area contributed by atoms with Gasteiger partial charge in [0.15, 0.2) is 5.69 Å². The van der Waals surface area contributed by atoms with Crippen LogP contribution in [0, 0.1) is 6.92 Å². The minimum atomic E-state index is -4.49. The van der Waals surface area contributed by atoms with Crippen LogP contribution >= 0.6 is 0 Å². The first-order valence-corrected chi connectivity index (χ1v) is 12.4. The van der Waals surface area contributed by atoms with Crippen molar-refractivity contribution in [1.82, 2.24) is 34.3 Å². The fraction of sp³-hybridized carbons (Fsp3) is 0.296. The topological polar surface area (TPSA) is 95.6 Å². The Hall–Kier alpha value is -4.48. The van der Waals surface area contributed by atoms with Gasteiger partial charge in [-0.15, -0.1) is 0 Å². The lowest BCUT2D eigenvalue weighted by atomic mass is 10.1. The molecule has 1 aliphatic carbocycles. The summed E-state index contributed by atoms with van der Waals surface area (Å²) in [6, 6.07) is 10.1. The number of anilines is 1. The van der Waals surface area contributed by atoms with Crippen molar-refractivity contribution in [3.05, 3.63) is 71.7 Å². The van der Waals surface area contributed by atoms with Crippen molar-refractivity contribution in [2.75, 3.05) is 12.4 Å². The van der Waals surface area contributed by atoms with Gasteiger partial charge in [0.1, 0.15) is 23.4 Å². The van der Waals surface area contributed by atoms with Gasteiger partial charge in [-0.25, -0.2) is 24.6 Å². The molecule has 5 aromatic rings. The summed E-state index contributed by atoms with van der Waals surface area (Å²) in [6.45, 7) is 2.04. The molecule has 4 heterocycles. The third-order valence-electron chi connectivity index (χ3n) is 6.78. The quantitative estimate of drug-likeness (QED) is 0.297. The van der Waals surface area contributed by atoms with Crippen LogP contribution < -0.4 is 10.1 Å². The number of aryl methyl sites for hydroxylation is 2. The number of aromatic nitrogens is 7. The maximum absolute atomic E-state index is 13.1. The van der Waals surface area contributed by atoms with Crippen LogP contribution in [0.3, 0.4) is 0 Å². The Morgan fingerprint density at radius 2 is 1.85 bits per heavy atom. The molecular formula is C27H25F3N8O. The standard InChI is InChI=1S/C27H25F3N8O/c1-15-10-20(27(28,29)30)36-38(15)18-8-4-16(5-9-18)12-31-21-11-19-24(34-14-37(19)2)25(35-21)22-23(17-6-7-17)32-13-33-26(22)39-3/h4-5,8-11,13-14,17H,6-7,12H2,1-3H3,(H,31,35). The van der Waals surface area contributed by atoms with E-state index < -0.39 is 11.9 Å². The number of hydrogen-bond acceptors (Lipinski definition) is 7. The predicted octanol–water partition coefficient (Wildman–Crippen LogP) is 5.44. The Kier molecular flexibility index (Phi) is 5.96. The number of nitrogens with one attached hydrogen (secondary N) is 1. The van der Waals surface area contributed by atoms with Crippen molar-refractivity contribution in [1.29, 1.82) is 0 Å². The van der Waals surface area contributed by atoms with Gasteiger partial charge in [-0.05, 0) is 43.5 Å². The molecule has 0 aliphatic heterocycles. The van der Waals surface area contributed by atoms with Crippen LogP contribution in [0.4, 0.5) is 19.0 Å². The molecule has 1 N–H and O–H groups in total. The van der Waals surface area contributed by atoms with Gasteiger partial charge in [0, 0.05) is 31.3 Å². The lowest BCUT2D eigenvalue weighted by Crippen LogP contribution is -2.08. The van der Waals surface area contributed by atoms with Gasteiger partial charge < -0.3 is 14.6 Å². The van der Waals surface area contributed by atoms with E-state index in [0.717, 1.165) is 46.8 Å². The number of hydrogen-bond donors (Lipinski definition) is 1. The number of pyridine rings is 1. The predicted molar refractivity (Wildman–Crippen MR) is 139 cm³/mol. The molecule has 39 heavy (non-hydrogen) atoms. The van der Waals surface area contributed by atoms with Crippen LogP contribution in [0.15, 0.2) is 49.1 Å². The molecule has 1 aliphatic rings. The zero-order valence-corrected chi connectivity index (χ0v) is 21.5. The Morgan fingerprint density at radius 3 is 2.51 bits per heavy atom. The largest absolute Gasteiger partial charge is 0.480 e. The van der Waals surface area contributed by atoms with E-state index in [-0.39, 0.29) is 0 Å². The first kappa shape index (κ1) is 24.8. The maximum atomic E-state index is 13.1. The van der Waals surface area contributed by atoms with Crippen LogP contribution in [-0.2, 0) is 19.8 Å². The summed E-state index contributed by atoms with van der Waals surface area (Å²) in [4.78, 5) is 18.4. The monoisotopic (exact) mass is 534 g/mol. The highest BCUT2D eigenvalue weighted by atomic mass is 19.4. The van der Waals surface area contributed by atoms with Gasteiger partial charge in [-0.1, -0.05) is 12.1 Å². The Bertz CT molecular complexity index is 1670. The van der Waals surface area contributed by atoms with Gasteiger partial charge in [-0.3, -0.25) is 0 Å². The molecule has 9 nitrogen and oxygen atoms in total. The fourth-order valence-corrected chi connectivity index (χ4v) is 4.64. The second-order valence-corrected chi connectivity index (χ2v) is 9.60. The van der Waals surface area contributed by atoms with E-state index in [1.807, 2.05) is 29.8 Å². The smallest absolute Gasteiger partial charge is 0.435 e. The molecule has 0 spiro atoms. The van der Waals surface area contributed by atoms with E-state index in [9.17, 15) is 13.2 Å². The molecule has 0 amide bonds. The summed E-state index contributed by atoms with van der Waals surface area (Å²) >= 11 is 0. The van der Waals surface area contributed by atoms with Crippen molar-refractivity contribution in [3.8, 4) is 22.8 Å². The summed E-state index contributed by atoms with van der Waals surface area (Å²) < 4.78 is 48.0. The van der Waals surface area contributed by atoms with Crippen molar-refractivity contribution < 1.29 is 17.9 Å². The van der Waals surface area contributed by atoms with Crippen molar-refractivity contribution in [2.24, 2.45) is 7.05 Å². The summed E-state index contributed by atoms with van der Waals surface area (Å²) in [5.41, 5.74) is 4.90. The molecule has 4 aromatic heterocycles. The molecule has 0 bridgehead atoms. The van der Waals surface area contributed by atoms with Crippen molar-refractivity contribution in [3.63, 3.8) is 0 Å². The number of fused-ring (bicyclic) bond motifs is 1. The van der Waals surface area contributed by atoms with E-state index in [1.165, 1.54) is 11.0 Å². The van der Waals surface area contributed by atoms with Crippen molar-refractivity contribution >= 4 is 16.9 Å². The lowest BCUT2D eigenvalue weighted by molar-refractivity contribution is -0.141. The van der Waals surface area contributed by atoms with Crippen LogP contribution in [-0.4, -0.2) is 41.4 Å². The zero-order valence-electron chi connectivity index (χ0n) is 21.5. The van der Waals surface area contributed by atoms with Crippen LogP contribution in [0.25, 0.3) is 28.0 Å². The number of ether oxygens (including phenoxy) is 1. The van der Waals surface area contributed by atoms with E-state index in [1.54, 1.807) is 32.5 Å². The number of halogens is 3. The Morgan fingerprint density at radius 1 is 1.08 bits per heavy atom. The van der Waals surface area contributed by atoms with Gasteiger partial charge in [0.25, 0.3) is 0 Å². The molecule has 0 radical (unpaired) electrons. The minimum Gasteiger partial charge on any atom is -0.480 e. The summed E-state index contributed by atoms with van der Waals surface area (Å²) in [7, 11) is 3.50. The number of alkyl halides is 3. The number of rotatable bonds is 7. The Balaban J connectivity index is 1.30. The van der Waals surface area contributed by atoms with E-state index in [4.69, 9.17) is 9.72 Å². The van der Waals surface area contributed by atoms with Gasteiger partial charge in [-0.2, -0.15) is 18.3 Å². The third kappa shape index (κ3) is 4.66. The van der Waals surface area contributed by atoms with Crippen LogP contribution in [0.5, 0.6) is 5.88 Å². The summed E-state index contributed by atoms with van der Waals surface area (Å²) in [6.07, 6.45) is 0.888. The normalized spacial score (nSPS) is 13.7. The van der Waals surface area contributed by atoms with E-state index in [2.05, 4.69) is 25.4 Å². The average molecular weight is 535 g/mol. The average Bonchev–Trinajstić information content (AvgIpc) is 3.60. The molecule has 0 atom stereocenters. The summed E-state index contributed by atoms with van der Waals surface area (Å²) in [5, 5.41) is 7.09. The molecule has 1 fully saturated rings. The number of methoxy groups -OCH3 is 1. The SMILES string of the molecule is COc1ncnc(C2CC2)c1-c1nc(NCc2ccc(-n3nc(C(F)(F)F)cc3C)cc2)cc2c1ncn2C. The molecule has 0 unspecified atom stereocenters. The molecule has 12 heteroatoms. The molecule has 0 saturated heterocycles. The fourth-order valence-electron chi connectivity index (χ4n) is 4.64.